The molecule has 2 rings (SSSR count). The maximum absolute atomic E-state index is 12.1. The highest BCUT2D eigenvalue weighted by molar-refractivity contribution is 6.63. The summed E-state index contributed by atoms with van der Waals surface area (Å²) in [6.45, 7) is 0. The number of nitro benzene ring substituents is 1. The van der Waals surface area contributed by atoms with Crippen molar-refractivity contribution in [2.24, 2.45) is 7.05 Å². The van der Waals surface area contributed by atoms with Crippen LogP contribution in [0.4, 0.5) is 5.69 Å². The molecule has 1 heterocycles. The number of carbonyl (C=O) groups excluding carboxylic acids is 1. The van der Waals surface area contributed by atoms with Gasteiger partial charge in [-0.25, -0.2) is 0 Å². The van der Waals surface area contributed by atoms with Gasteiger partial charge >= 0.3 is 0 Å². The van der Waals surface area contributed by atoms with Crippen molar-refractivity contribution in [2.75, 3.05) is 0 Å². The van der Waals surface area contributed by atoms with E-state index in [1.165, 1.54) is 16.7 Å². The summed E-state index contributed by atoms with van der Waals surface area (Å²) in [6, 6.07) is 9.10. The zero-order chi connectivity index (χ0) is 15.6. The molecule has 2 aromatic rings. The van der Waals surface area contributed by atoms with E-state index in [0.29, 0.717) is 16.8 Å². The summed E-state index contributed by atoms with van der Waals surface area (Å²) in [4.78, 5) is 33.1. The summed E-state index contributed by atoms with van der Waals surface area (Å²) < 4.78 is 1.39. The molecule has 0 atom stereocenters. The summed E-state index contributed by atoms with van der Waals surface area (Å²) in [5.74, 6) is 0. The lowest BCUT2D eigenvalue weighted by molar-refractivity contribution is -0.384. The van der Waals surface area contributed by atoms with E-state index >= 15 is 0 Å². The Morgan fingerprint density at radius 3 is 2.38 bits per heavy atom. The smallest absolute Gasteiger partial charge is 0.269 e. The predicted molar refractivity (Wildman–Crippen MR) is 78.3 cm³/mol. The van der Waals surface area contributed by atoms with Gasteiger partial charge in [0.15, 0.2) is 0 Å². The summed E-state index contributed by atoms with van der Waals surface area (Å²) >= 11 is 5.29. The molecule has 0 saturated heterocycles. The second-order valence-corrected chi connectivity index (χ2v) is 4.87. The number of carbonyl (C=O) groups is 1. The van der Waals surface area contributed by atoms with Gasteiger partial charge in [0, 0.05) is 24.7 Å². The molecule has 0 amide bonds. The van der Waals surface area contributed by atoms with Crippen LogP contribution in [0.3, 0.4) is 0 Å². The number of pyridine rings is 1. The Balaban J connectivity index is 2.45. The third-order valence-electron chi connectivity index (χ3n) is 3.09. The van der Waals surface area contributed by atoms with Gasteiger partial charge in [-0.1, -0.05) is 6.07 Å². The second kappa shape index (κ2) is 5.88. The Hall–Kier alpha value is -2.47. The van der Waals surface area contributed by atoms with Crippen molar-refractivity contribution in [1.29, 1.82) is 0 Å². The molecule has 0 aliphatic carbocycles. The van der Waals surface area contributed by atoms with Gasteiger partial charge in [0.05, 0.1) is 17.0 Å². The minimum absolute atomic E-state index is 0.0203. The quantitative estimate of drug-likeness (QED) is 0.493. The van der Waals surface area contributed by atoms with E-state index in [9.17, 15) is 19.7 Å². The number of hydrogen-bond acceptors (Lipinski definition) is 4. The Kier molecular flexibility index (Phi) is 4.18. The first-order valence-corrected chi connectivity index (χ1v) is 6.40. The number of nitrogens with zero attached hydrogens (tertiary/aromatic N) is 2. The standard InChI is InChI=1S/C14H11ClN2O4/c1-16-12(7-4-10(14(16)19)8-13(15)18)9-2-5-11(6-3-9)17(20)21/h2-7H,8H2,1H3. The van der Waals surface area contributed by atoms with Gasteiger partial charge < -0.3 is 4.57 Å². The molecule has 21 heavy (non-hydrogen) atoms. The number of benzene rings is 1. The summed E-state index contributed by atoms with van der Waals surface area (Å²) in [7, 11) is 1.57. The first kappa shape index (κ1) is 14.9. The molecular formula is C14H11ClN2O4. The molecule has 108 valence electrons. The van der Waals surface area contributed by atoms with Crippen molar-refractivity contribution in [1.82, 2.24) is 4.57 Å². The average Bonchev–Trinajstić information content (AvgIpc) is 2.44. The van der Waals surface area contributed by atoms with E-state index in [1.54, 1.807) is 31.3 Å². The van der Waals surface area contributed by atoms with E-state index in [2.05, 4.69) is 0 Å². The highest BCUT2D eigenvalue weighted by Crippen LogP contribution is 2.21. The highest BCUT2D eigenvalue weighted by Gasteiger charge is 2.11. The third-order valence-corrected chi connectivity index (χ3v) is 3.22. The van der Waals surface area contributed by atoms with Gasteiger partial charge in [0.1, 0.15) is 0 Å². The van der Waals surface area contributed by atoms with Crippen molar-refractivity contribution in [2.45, 2.75) is 6.42 Å². The summed E-state index contributed by atoms with van der Waals surface area (Å²) in [5.41, 5.74) is 1.24. The molecule has 0 bridgehead atoms. The zero-order valence-corrected chi connectivity index (χ0v) is 11.8. The summed E-state index contributed by atoms with van der Waals surface area (Å²) in [6.07, 6.45) is -0.130. The van der Waals surface area contributed by atoms with Crippen LogP contribution in [0.2, 0.25) is 0 Å². The molecule has 0 unspecified atom stereocenters. The van der Waals surface area contributed by atoms with E-state index in [1.807, 2.05) is 0 Å². The lowest BCUT2D eigenvalue weighted by atomic mass is 10.1. The topological polar surface area (TPSA) is 82.2 Å². The lowest BCUT2D eigenvalue weighted by Gasteiger charge is -2.09. The van der Waals surface area contributed by atoms with E-state index in [0.717, 1.165) is 0 Å². The van der Waals surface area contributed by atoms with Crippen LogP contribution in [0.5, 0.6) is 0 Å². The Morgan fingerprint density at radius 1 is 1.24 bits per heavy atom. The van der Waals surface area contributed by atoms with Crippen LogP contribution in [0.15, 0.2) is 41.2 Å². The molecule has 1 aromatic carbocycles. The average molecular weight is 307 g/mol. The van der Waals surface area contributed by atoms with Crippen molar-refractivity contribution < 1.29 is 9.72 Å². The fourth-order valence-corrected chi connectivity index (χ4v) is 2.16. The lowest BCUT2D eigenvalue weighted by Crippen LogP contribution is -2.23. The predicted octanol–water partition coefficient (Wildman–Crippen LogP) is 2.27. The monoisotopic (exact) mass is 306 g/mol. The van der Waals surface area contributed by atoms with Crippen LogP contribution < -0.4 is 5.56 Å². The normalized spacial score (nSPS) is 10.4. The number of halogens is 1. The molecule has 6 nitrogen and oxygen atoms in total. The fourth-order valence-electron chi connectivity index (χ4n) is 2.02. The zero-order valence-electron chi connectivity index (χ0n) is 11.1. The van der Waals surface area contributed by atoms with Gasteiger partial charge in [0.25, 0.3) is 11.2 Å². The molecule has 0 N–H and O–H groups in total. The molecule has 7 heteroatoms. The van der Waals surface area contributed by atoms with E-state index in [-0.39, 0.29) is 17.7 Å². The van der Waals surface area contributed by atoms with Crippen LogP contribution in [0.1, 0.15) is 5.56 Å². The van der Waals surface area contributed by atoms with Gasteiger partial charge in [-0.2, -0.15) is 0 Å². The molecule has 0 aliphatic heterocycles. The van der Waals surface area contributed by atoms with Crippen LogP contribution in [0, 0.1) is 10.1 Å². The molecule has 0 aliphatic rings. The van der Waals surface area contributed by atoms with Gasteiger partial charge in [-0.3, -0.25) is 19.7 Å². The number of nitro groups is 1. The minimum atomic E-state index is -0.602. The Morgan fingerprint density at radius 2 is 1.86 bits per heavy atom. The molecule has 0 spiro atoms. The van der Waals surface area contributed by atoms with Gasteiger partial charge in [-0.05, 0) is 35.4 Å². The molecule has 0 fully saturated rings. The highest BCUT2D eigenvalue weighted by atomic mass is 35.5. The number of non-ortho nitro benzene ring substituents is 1. The van der Waals surface area contributed by atoms with Crippen molar-refractivity contribution in [3.8, 4) is 11.3 Å². The van der Waals surface area contributed by atoms with Crippen LogP contribution in [-0.2, 0) is 18.3 Å². The first-order chi connectivity index (χ1) is 9.90. The summed E-state index contributed by atoms with van der Waals surface area (Å²) in [5, 5.41) is 10.0. The molecule has 0 radical (unpaired) electrons. The molecule has 1 aromatic heterocycles. The Labute approximate surface area is 124 Å². The van der Waals surface area contributed by atoms with Crippen LogP contribution in [-0.4, -0.2) is 14.7 Å². The number of rotatable bonds is 4. The number of aromatic nitrogens is 1. The Bertz CT molecular complexity index is 766. The van der Waals surface area contributed by atoms with Crippen LogP contribution in [0.25, 0.3) is 11.3 Å². The molecular weight excluding hydrogens is 296 g/mol. The van der Waals surface area contributed by atoms with E-state index < -0.39 is 10.2 Å². The minimum Gasteiger partial charge on any atom is -0.311 e. The first-order valence-electron chi connectivity index (χ1n) is 6.02. The van der Waals surface area contributed by atoms with Crippen molar-refractivity contribution >= 4 is 22.5 Å². The maximum Gasteiger partial charge on any atom is 0.269 e. The van der Waals surface area contributed by atoms with Crippen molar-refractivity contribution in [3.05, 3.63) is 62.4 Å². The van der Waals surface area contributed by atoms with Crippen molar-refractivity contribution in [3.63, 3.8) is 0 Å². The second-order valence-electron chi connectivity index (χ2n) is 4.44. The third kappa shape index (κ3) is 3.17. The number of hydrogen-bond donors (Lipinski definition) is 0. The van der Waals surface area contributed by atoms with E-state index in [4.69, 9.17) is 11.6 Å². The van der Waals surface area contributed by atoms with Crippen LogP contribution >= 0.6 is 11.6 Å². The van der Waals surface area contributed by atoms with Gasteiger partial charge in [0.2, 0.25) is 5.24 Å². The largest absolute Gasteiger partial charge is 0.311 e. The van der Waals surface area contributed by atoms with Gasteiger partial charge in [-0.15, -0.1) is 0 Å². The molecule has 0 saturated carbocycles. The SMILES string of the molecule is Cn1c(-c2ccc([N+](=O)[O-])cc2)ccc(CC(=O)Cl)c1=O. The fraction of sp³-hybridized carbons (Fsp3) is 0.143. The maximum atomic E-state index is 12.1.